The van der Waals surface area contributed by atoms with Crippen LogP contribution >= 0.6 is 0 Å². The fourth-order valence-corrected chi connectivity index (χ4v) is 5.85. The molecule has 2 saturated carbocycles. The topological polar surface area (TPSA) is 93.1 Å². The van der Waals surface area contributed by atoms with Crippen molar-refractivity contribution in [1.82, 2.24) is 0 Å². The van der Waals surface area contributed by atoms with Gasteiger partial charge in [0.15, 0.2) is 6.10 Å². The Morgan fingerprint density at radius 1 is 1.39 bits per heavy atom. The number of aliphatic hydroxyl groups is 2. The van der Waals surface area contributed by atoms with Crippen LogP contribution in [0.3, 0.4) is 0 Å². The van der Waals surface area contributed by atoms with Gasteiger partial charge in [-0.1, -0.05) is 32.1 Å². The number of hydrogen-bond donors (Lipinski definition) is 2. The highest BCUT2D eigenvalue weighted by atomic mass is 16.6. The van der Waals surface area contributed by atoms with Crippen LogP contribution in [0.2, 0.25) is 0 Å². The van der Waals surface area contributed by atoms with Crippen molar-refractivity contribution in [3.63, 3.8) is 0 Å². The number of cyclic esters (lactones) is 1. The molecule has 2 aliphatic carbocycles. The summed E-state index contributed by atoms with van der Waals surface area (Å²) in [7, 11) is 0. The van der Waals surface area contributed by atoms with Gasteiger partial charge in [-0.05, 0) is 49.4 Å². The van der Waals surface area contributed by atoms with E-state index in [2.05, 4.69) is 13.5 Å². The molecular formula is C22H32O6. The largest absolute Gasteiger partial charge is 0.458 e. The number of allylic oxidation sites excluding steroid dienone is 2. The van der Waals surface area contributed by atoms with Crippen LogP contribution in [0.5, 0.6) is 0 Å². The van der Waals surface area contributed by atoms with E-state index in [9.17, 15) is 19.8 Å². The van der Waals surface area contributed by atoms with Crippen LogP contribution < -0.4 is 0 Å². The van der Waals surface area contributed by atoms with Gasteiger partial charge >= 0.3 is 11.9 Å². The van der Waals surface area contributed by atoms with Crippen molar-refractivity contribution in [3.05, 3.63) is 23.8 Å². The van der Waals surface area contributed by atoms with Crippen LogP contribution in [0.4, 0.5) is 0 Å². The van der Waals surface area contributed by atoms with Gasteiger partial charge < -0.3 is 19.7 Å². The molecule has 1 aliphatic heterocycles. The first kappa shape index (κ1) is 21.1. The number of rotatable bonds is 4. The molecule has 0 aromatic rings. The van der Waals surface area contributed by atoms with Crippen LogP contribution in [-0.4, -0.2) is 47.6 Å². The fraction of sp³-hybridized carbons (Fsp3) is 0.727. The first-order chi connectivity index (χ1) is 13.1. The molecule has 0 amide bonds. The van der Waals surface area contributed by atoms with Gasteiger partial charge in [-0.3, -0.25) is 4.79 Å². The van der Waals surface area contributed by atoms with E-state index >= 15 is 0 Å². The maximum absolute atomic E-state index is 12.1. The number of carbonyl (C=O) groups is 2. The Labute approximate surface area is 166 Å². The van der Waals surface area contributed by atoms with Crippen molar-refractivity contribution < 1.29 is 29.3 Å². The summed E-state index contributed by atoms with van der Waals surface area (Å²) in [6.45, 7) is 9.84. The van der Waals surface area contributed by atoms with E-state index in [-0.39, 0.29) is 30.5 Å². The molecule has 3 fully saturated rings. The number of aliphatic hydroxyl groups excluding tert-OH is 2. The predicted molar refractivity (Wildman–Crippen MR) is 103 cm³/mol. The van der Waals surface area contributed by atoms with Crippen LogP contribution in [0.1, 0.15) is 52.9 Å². The summed E-state index contributed by atoms with van der Waals surface area (Å²) < 4.78 is 10.3. The highest BCUT2D eigenvalue weighted by Gasteiger charge is 2.57. The second-order valence-corrected chi connectivity index (χ2v) is 9.12. The van der Waals surface area contributed by atoms with Crippen molar-refractivity contribution in [2.24, 2.45) is 22.7 Å². The van der Waals surface area contributed by atoms with E-state index < -0.39 is 29.6 Å². The average molecular weight is 392 g/mol. The molecule has 0 radical (unpaired) electrons. The lowest BCUT2D eigenvalue weighted by Crippen LogP contribution is -2.57. The number of carbonyl (C=O) groups excluding carboxylic acids is 2. The van der Waals surface area contributed by atoms with Crippen LogP contribution in [-0.2, 0) is 19.1 Å². The summed E-state index contributed by atoms with van der Waals surface area (Å²) in [5.41, 5.74) is 0.881. The summed E-state index contributed by atoms with van der Waals surface area (Å²) in [6.07, 6.45) is 4.50. The Hall–Kier alpha value is -1.66. The fourth-order valence-electron chi connectivity index (χ4n) is 5.85. The van der Waals surface area contributed by atoms with Crippen LogP contribution in [0.15, 0.2) is 23.8 Å². The Balaban J connectivity index is 1.87. The molecule has 0 aromatic heterocycles. The van der Waals surface area contributed by atoms with E-state index in [4.69, 9.17) is 9.47 Å². The summed E-state index contributed by atoms with van der Waals surface area (Å²) in [5.74, 6) is -0.581. The van der Waals surface area contributed by atoms with E-state index in [0.717, 1.165) is 24.8 Å². The highest BCUT2D eigenvalue weighted by molar-refractivity contribution is 5.92. The van der Waals surface area contributed by atoms with Crippen molar-refractivity contribution in [2.75, 3.05) is 13.2 Å². The van der Waals surface area contributed by atoms with Gasteiger partial charge in [0.05, 0.1) is 18.3 Å². The second kappa shape index (κ2) is 7.64. The number of fused-ring (bicyclic) bond motifs is 1. The van der Waals surface area contributed by atoms with E-state index in [0.29, 0.717) is 18.4 Å². The van der Waals surface area contributed by atoms with Crippen molar-refractivity contribution in [3.8, 4) is 0 Å². The summed E-state index contributed by atoms with van der Waals surface area (Å²) in [4.78, 5) is 23.4. The third-order valence-corrected chi connectivity index (χ3v) is 7.52. The SMILES string of the molecule is C=C1CCC2[C@](C)(CO)[C@H](O)CC[C@]2(C)[C@H]1C/C=C1/C(=O)OC[C@H]1OC(C)=O. The predicted octanol–water partition coefficient (Wildman–Crippen LogP) is 2.53. The minimum absolute atomic E-state index is 0.0461. The van der Waals surface area contributed by atoms with E-state index in [1.807, 2.05) is 13.0 Å². The molecule has 0 aromatic carbocycles. The maximum atomic E-state index is 12.1. The number of hydrogen-bond acceptors (Lipinski definition) is 6. The maximum Gasteiger partial charge on any atom is 0.337 e. The van der Waals surface area contributed by atoms with Crippen molar-refractivity contribution in [2.45, 2.75) is 65.1 Å². The van der Waals surface area contributed by atoms with E-state index in [1.165, 1.54) is 6.92 Å². The van der Waals surface area contributed by atoms with E-state index in [1.54, 1.807) is 0 Å². The smallest absolute Gasteiger partial charge is 0.337 e. The first-order valence-electron chi connectivity index (χ1n) is 10.1. The summed E-state index contributed by atoms with van der Waals surface area (Å²) in [6, 6.07) is 0. The average Bonchev–Trinajstić information content (AvgIpc) is 2.97. The zero-order valence-electron chi connectivity index (χ0n) is 17.1. The van der Waals surface area contributed by atoms with Crippen molar-refractivity contribution >= 4 is 11.9 Å². The molecule has 1 heterocycles. The third-order valence-electron chi connectivity index (χ3n) is 7.52. The summed E-state index contributed by atoms with van der Waals surface area (Å²) >= 11 is 0. The molecule has 6 atom stereocenters. The Morgan fingerprint density at radius 2 is 2.11 bits per heavy atom. The second-order valence-electron chi connectivity index (χ2n) is 9.12. The molecular weight excluding hydrogens is 360 g/mol. The minimum atomic E-state index is -0.652. The Kier molecular flexibility index (Phi) is 5.74. The van der Waals surface area contributed by atoms with Gasteiger partial charge in [-0.15, -0.1) is 0 Å². The quantitative estimate of drug-likeness (QED) is 0.434. The molecule has 1 unspecified atom stereocenters. The van der Waals surface area contributed by atoms with Gasteiger partial charge in [0.1, 0.15) is 6.61 Å². The molecule has 1 saturated heterocycles. The lowest BCUT2D eigenvalue weighted by atomic mass is 9.46. The molecule has 0 spiro atoms. The zero-order valence-corrected chi connectivity index (χ0v) is 17.1. The molecule has 28 heavy (non-hydrogen) atoms. The molecule has 6 heteroatoms. The summed E-state index contributed by atoms with van der Waals surface area (Å²) in [5, 5.41) is 20.7. The van der Waals surface area contributed by atoms with Gasteiger partial charge in [-0.25, -0.2) is 4.79 Å². The molecule has 3 aliphatic rings. The normalized spacial score (nSPS) is 42.2. The highest BCUT2D eigenvalue weighted by Crippen LogP contribution is 2.61. The van der Waals surface area contributed by atoms with Gasteiger partial charge in [0.2, 0.25) is 0 Å². The van der Waals surface area contributed by atoms with Gasteiger partial charge in [-0.2, -0.15) is 0 Å². The first-order valence-corrected chi connectivity index (χ1v) is 10.1. The number of esters is 2. The number of ether oxygens (including phenoxy) is 2. The van der Waals surface area contributed by atoms with Crippen LogP contribution in [0.25, 0.3) is 0 Å². The van der Waals surface area contributed by atoms with Gasteiger partial charge in [0, 0.05) is 12.3 Å². The minimum Gasteiger partial charge on any atom is -0.458 e. The lowest BCUT2D eigenvalue weighted by molar-refractivity contribution is -0.151. The molecule has 6 nitrogen and oxygen atoms in total. The Bertz CT molecular complexity index is 697. The zero-order chi connectivity index (χ0) is 20.7. The molecule has 156 valence electrons. The standard InChI is InChI=1S/C22H32O6/c1-13-5-8-18-21(3,10-9-19(25)22(18,4)12-23)16(13)7-6-15-17(28-14(2)24)11-27-20(15)26/h6,16-19,23,25H,1,5,7-12H2,2-4H3/b15-6+/t16-,17+,18?,19+,21+,22-/m0/s1. The Morgan fingerprint density at radius 3 is 2.75 bits per heavy atom. The third kappa shape index (κ3) is 3.41. The molecule has 3 rings (SSSR count). The lowest BCUT2D eigenvalue weighted by Gasteiger charge is -2.59. The monoisotopic (exact) mass is 392 g/mol. The molecule has 2 N–H and O–H groups in total. The van der Waals surface area contributed by atoms with Crippen molar-refractivity contribution in [1.29, 1.82) is 0 Å². The van der Waals surface area contributed by atoms with Crippen LogP contribution in [0, 0.1) is 22.7 Å². The molecule has 0 bridgehead atoms. The van der Waals surface area contributed by atoms with Gasteiger partial charge in [0.25, 0.3) is 0 Å².